The van der Waals surface area contributed by atoms with Gasteiger partial charge in [0.15, 0.2) is 0 Å². The summed E-state index contributed by atoms with van der Waals surface area (Å²) in [6.07, 6.45) is 0.935. The molecule has 2 nitrogen and oxygen atoms in total. The zero-order valence-electron chi connectivity index (χ0n) is 6.01. The maximum Gasteiger partial charge on any atom is 0.220 e. The van der Waals surface area contributed by atoms with Crippen LogP contribution in [0.2, 0.25) is 0 Å². The number of likely N-dealkylation sites (N-methyl/N-ethyl adjacent to an activating group) is 1. The van der Waals surface area contributed by atoms with Gasteiger partial charge in [-0.25, -0.2) is 0 Å². The predicted molar refractivity (Wildman–Crippen MR) is 32.4 cm³/mol. The van der Waals surface area contributed by atoms with Crippen molar-refractivity contribution in [3.8, 4) is 0 Å². The summed E-state index contributed by atoms with van der Waals surface area (Å²) in [5.74, 6) is 0. The van der Waals surface area contributed by atoms with E-state index in [0.717, 1.165) is 4.48 Å². The minimum absolute atomic E-state index is 0.454. The van der Waals surface area contributed by atoms with E-state index in [-0.39, 0.29) is 0 Å². The van der Waals surface area contributed by atoms with Crippen LogP contribution in [0.5, 0.6) is 0 Å². The molecule has 1 heterocycles. The molecule has 0 saturated carbocycles. The molecule has 0 aliphatic carbocycles. The molecular formula is C6H14NO+. The average Bonchev–Trinajstić information content (AvgIpc) is 2.13. The van der Waals surface area contributed by atoms with E-state index in [1.54, 1.807) is 0 Å². The van der Waals surface area contributed by atoms with E-state index in [9.17, 15) is 0 Å². The number of nitrogens with zero attached hydrogens (tertiary/aromatic N) is 1. The van der Waals surface area contributed by atoms with Crippen LogP contribution in [0.3, 0.4) is 0 Å². The normalized spacial score (nSPS) is 37.5. The number of ether oxygens (including phenoxy) is 1. The molecule has 0 bridgehead atoms. The number of quaternary nitrogens is 1. The van der Waals surface area contributed by atoms with Crippen LogP contribution in [0.15, 0.2) is 0 Å². The smallest absolute Gasteiger partial charge is 0.220 e. The van der Waals surface area contributed by atoms with Crippen molar-refractivity contribution in [1.82, 2.24) is 0 Å². The third-order valence-corrected chi connectivity index (χ3v) is 1.44. The van der Waals surface area contributed by atoms with Crippen molar-refractivity contribution in [3.63, 3.8) is 0 Å². The Kier molecular flexibility index (Phi) is 1.10. The maximum absolute atomic E-state index is 5.25. The Bertz CT molecular complexity index is 95.2. The highest BCUT2D eigenvalue weighted by atomic mass is 16.6. The Labute approximate surface area is 50.6 Å². The van der Waals surface area contributed by atoms with E-state index in [1.165, 1.54) is 0 Å². The van der Waals surface area contributed by atoms with Crippen LogP contribution in [-0.2, 0) is 4.74 Å². The quantitative estimate of drug-likeness (QED) is 0.357. The molecule has 8 heavy (non-hydrogen) atoms. The fourth-order valence-corrected chi connectivity index (χ4v) is 0.987. The van der Waals surface area contributed by atoms with Crippen molar-refractivity contribution in [2.45, 2.75) is 19.3 Å². The lowest BCUT2D eigenvalue weighted by Crippen LogP contribution is -2.38. The second-order valence-electron chi connectivity index (χ2n) is 3.35. The number of hydrogen-bond acceptors (Lipinski definition) is 1. The first-order valence-corrected chi connectivity index (χ1v) is 2.98. The van der Waals surface area contributed by atoms with Gasteiger partial charge in [0.25, 0.3) is 0 Å². The van der Waals surface area contributed by atoms with Crippen LogP contribution in [0, 0.1) is 0 Å². The molecule has 1 aliphatic rings. The molecule has 48 valence electrons. The summed E-state index contributed by atoms with van der Waals surface area (Å²) in [5, 5.41) is 0. The van der Waals surface area contributed by atoms with E-state index in [0.29, 0.717) is 12.3 Å². The SMILES string of the molecule is CC1OC1[N+](C)(C)C. The fourth-order valence-electron chi connectivity index (χ4n) is 0.987. The fraction of sp³-hybridized carbons (Fsp3) is 1.00. The lowest BCUT2D eigenvalue weighted by molar-refractivity contribution is -0.892. The zero-order valence-corrected chi connectivity index (χ0v) is 6.01. The molecule has 1 rings (SSSR count). The maximum atomic E-state index is 5.25. The molecule has 2 unspecified atom stereocenters. The average molecular weight is 116 g/mol. The minimum atomic E-state index is 0.454. The van der Waals surface area contributed by atoms with Gasteiger partial charge in [-0.15, -0.1) is 0 Å². The number of hydrogen-bond donors (Lipinski definition) is 0. The molecule has 0 aromatic rings. The first kappa shape index (κ1) is 6.05. The molecule has 1 aliphatic heterocycles. The molecule has 2 heteroatoms. The van der Waals surface area contributed by atoms with Gasteiger partial charge < -0.3 is 9.22 Å². The van der Waals surface area contributed by atoms with Crippen LogP contribution < -0.4 is 0 Å². The molecule has 1 saturated heterocycles. The second-order valence-corrected chi connectivity index (χ2v) is 3.35. The van der Waals surface area contributed by atoms with Gasteiger partial charge in [0.1, 0.15) is 6.10 Å². The molecule has 2 atom stereocenters. The standard InChI is InChI=1S/C6H14NO/c1-5-6(8-5)7(2,3)4/h5-6H,1-4H3/q+1. The Morgan fingerprint density at radius 3 is 1.62 bits per heavy atom. The van der Waals surface area contributed by atoms with Crippen molar-refractivity contribution in [1.29, 1.82) is 0 Å². The lowest BCUT2D eigenvalue weighted by Gasteiger charge is -2.20. The highest BCUT2D eigenvalue weighted by molar-refractivity contribution is 4.69. The van der Waals surface area contributed by atoms with Gasteiger partial charge in [-0.2, -0.15) is 0 Å². The zero-order chi connectivity index (χ0) is 6.36. The van der Waals surface area contributed by atoms with Crippen molar-refractivity contribution in [2.75, 3.05) is 21.1 Å². The van der Waals surface area contributed by atoms with Gasteiger partial charge in [0, 0.05) is 0 Å². The van der Waals surface area contributed by atoms with E-state index in [4.69, 9.17) is 4.74 Å². The summed E-state index contributed by atoms with van der Waals surface area (Å²) in [4.78, 5) is 0. The highest BCUT2D eigenvalue weighted by Crippen LogP contribution is 2.26. The van der Waals surface area contributed by atoms with Gasteiger partial charge in [0.05, 0.1) is 21.1 Å². The lowest BCUT2D eigenvalue weighted by atomic mass is 10.4. The summed E-state index contributed by atoms with van der Waals surface area (Å²) in [6, 6.07) is 0. The Morgan fingerprint density at radius 2 is 1.62 bits per heavy atom. The van der Waals surface area contributed by atoms with Crippen molar-refractivity contribution < 1.29 is 9.22 Å². The van der Waals surface area contributed by atoms with Crippen LogP contribution in [0.4, 0.5) is 0 Å². The molecule has 0 spiro atoms. The molecular weight excluding hydrogens is 102 g/mol. The highest BCUT2D eigenvalue weighted by Gasteiger charge is 2.45. The Morgan fingerprint density at radius 1 is 1.25 bits per heavy atom. The van der Waals surface area contributed by atoms with Gasteiger partial charge >= 0.3 is 0 Å². The summed E-state index contributed by atoms with van der Waals surface area (Å²) >= 11 is 0. The molecule has 0 aromatic carbocycles. The summed E-state index contributed by atoms with van der Waals surface area (Å²) in [7, 11) is 6.44. The van der Waals surface area contributed by atoms with Crippen LogP contribution in [0.1, 0.15) is 6.92 Å². The van der Waals surface area contributed by atoms with Crippen LogP contribution in [-0.4, -0.2) is 38.0 Å². The Balaban J connectivity index is 2.39. The monoisotopic (exact) mass is 116 g/mol. The summed E-state index contributed by atoms with van der Waals surface area (Å²) in [6.45, 7) is 2.11. The Hall–Kier alpha value is -0.0800. The molecule has 0 aromatic heterocycles. The van der Waals surface area contributed by atoms with E-state index in [2.05, 4.69) is 28.1 Å². The summed E-state index contributed by atoms with van der Waals surface area (Å²) < 4.78 is 6.19. The van der Waals surface area contributed by atoms with Crippen LogP contribution in [0.25, 0.3) is 0 Å². The van der Waals surface area contributed by atoms with Crippen molar-refractivity contribution in [3.05, 3.63) is 0 Å². The van der Waals surface area contributed by atoms with E-state index < -0.39 is 0 Å². The second kappa shape index (κ2) is 1.45. The topological polar surface area (TPSA) is 12.5 Å². The number of epoxide rings is 1. The van der Waals surface area contributed by atoms with E-state index in [1.807, 2.05) is 0 Å². The third-order valence-electron chi connectivity index (χ3n) is 1.44. The first-order chi connectivity index (χ1) is 3.52. The summed E-state index contributed by atoms with van der Waals surface area (Å²) in [5.41, 5.74) is 0. The molecule has 0 radical (unpaired) electrons. The van der Waals surface area contributed by atoms with Gasteiger partial charge in [0.2, 0.25) is 6.23 Å². The van der Waals surface area contributed by atoms with E-state index >= 15 is 0 Å². The van der Waals surface area contributed by atoms with Crippen LogP contribution >= 0.6 is 0 Å². The predicted octanol–water partition coefficient (Wildman–Crippen LogP) is 0.437. The largest absolute Gasteiger partial charge is 0.315 e. The first-order valence-electron chi connectivity index (χ1n) is 2.98. The molecule has 0 N–H and O–H groups in total. The third kappa shape index (κ3) is 1.01. The number of rotatable bonds is 1. The van der Waals surface area contributed by atoms with Gasteiger partial charge in [-0.1, -0.05) is 0 Å². The van der Waals surface area contributed by atoms with Crippen molar-refractivity contribution >= 4 is 0 Å². The molecule has 1 fully saturated rings. The van der Waals surface area contributed by atoms with Gasteiger partial charge in [-0.3, -0.25) is 0 Å². The van der Waals surface area contributed by atoms with Gasteiger partial charge in [-0.05, 0) is 6.92 Å². The van der Waals surface area contributed by atoms with Crippen molar-refractivity contribution in [2.24, 2.45) is 0 Å². The molecule has 0 amide bonds. The minimum Gasteiger partial charge on any atom is -0.315 e.